The standard InChI is InChI=1S/C7H14O4/c1-2-11-7(10)6(5-9)3-4-8/h6,8-9H,2-5H2,1H3. The summed E-state index contributed by atoms with van der Waals surface area (Å²) in [6.07, 6.45) is 0.259. The third-order valence-corrected chi connectivity index (χ3v) is 1.32. The van der Waals surface area contributed by atoms with Gasteiger partial charge in [0, 0.05) is 6.61 Å². The highest BCUT2D eigenvalue weighted by Gasteiger charge is 2.17. The zero-order valence-electron chi connectivity index (χ0n) is 6.62. The van der Waals surface area contributed by atoms with Crippen molar-refractivity contribution in [3.63, 3.8) is 0 Å². The van der Waals surface area contributed by atoms with Gasteiger partial charge in [0.15, 0.2) is 0 Å². The number of carbonyl (C=O) groups excluding carboxylic acids is 1. The van der Waals surface area contributed by atoms with Crippen molar-refractivity contribution < 1.29 is 19.7 Å². The highest BCUT2D eigenvalue weighted by molar-refractivity contribution is 5.72. The van der Waals surface area contributed by atoms with E-state index in [1.165, 1.54) is 0 Å². The van der Waals surface area contributed by atoms with Gasteiger partial charge in [0.1, 0.15) is 0 Å². The maximum Gasteiger partial charge on any atom is 0.311 e. The number of carbonyl (C=O) groups is 1. The van der Waals surface area contributed by atoms with Crippen LogP contribution in [-0.4, -0.2) is 36.0 Å². The van der Waals surface area contributed by atoms with Crippen molar-refractivity contribution >= 4 is 5.97 Å². The summed E-state index contributed by atoms with van der Waals surface area (Å²) in [6, 6.07) is 0. The van der Waals surface area contributed by atoms with Crippen molar-refractivity contribution in [3.05, 3.63) is 0 Å². The van der Waals surface area contributed by atoms with Crippen LogP contribution in [0.25, 0.3) is 0 Å². The molecule has 0 saturated heterocycles. The molecule has 0 spiro atoms. The van der Waals surface area contributed by atoms with Crippen LogP contribution in [0.2, 0.25) is 0 Å². The Hall–Kier alpha value is -0.610. The van der Waals surface area contributed by atoms with E-state index in [0.717, 1.165) is 0 Å². The van der Waals surface area contributed by atoms with Crippen LogP contribution in [0.1, 0.15) is 13.3 Å². The maximum absolute atomic E-state index is 10.9. The van der Waals surface area contributed by atoms with Gasteiger partial charge >= 0.3 is 5.97 Å². The third-order valence-electron chi connectivity index (χ3n) is 1.32. The van der Waals surface area contributed by atoms with E-state index in [0.29, 0.717) is 6.61 Å². The van der Waals surface area contributed by atoms with Gasteiger partial charge in [-0.3, -0.25) is 4.79 Å². The fraction of sp³-hybridized carbons (Fsp3) is 0.857. The summed E-state index contributed by atoms with van der Waals surface area (Å²) >= 11 is 0. The molecule has 0 rings (SSSR count). The predicted molar refractivity (Wildman–Crippen MR) is 38.9 cm³/mol. The largest absolute Gasteiger partial charge is 0.466 e. The van der Waals surface area contributed by atoms with Gasteiger partial charge in [-0.15, -0.1) is 0 Å². The maximum atomic E-state index is 10.9. The molecule has 1 unspecified atom stereocenters. The molecule has 0 aromatic rings. The molecule has 0 fully saturated rings. The first-order chi connectivity index (χ1) is 5.26. The van der Waals surface area contributed by atoms with Crippen molar-refractivity contribution in [1.29, 1.82) is 0 Å². The summed E-state index contributed by atoms with van der Waals surface area (Å²) in [4.78, 5) is 10.9. The average Bonchev–Trinajstić information content (AvgIpc) is 2.00. The van der Waals surface area contributed by atoms with Gasteiger partial charge in [0.2, 0.25) is 0 Å². The lowest BCUT2D eigenvalue weighted by Crippen LogP contribution is -2.22. The van der Waals surface area contributed by atoms with Crippen LogP contribution in [0.3, 0.4) is 0 Å². The lowest BCUT2D eigenvalue weighted by molar-refractivity contribution is -0.150. The van der Waals surface area contributed by atoms with Gasteiger partial charge in [-0.2, -0.15) is 0 Å². The van der Waals surface area contributed by atoms with Crippen LogP contribution in [0.15, 0.2) is 0 Å². The molecule has 0 aliphatic heterocycles. The minimum Gasteiger partial charge on any atom is -0.466 e. The molecule has 0 radical (unpaired) electrons. The Labute approximate surface area is 65.8 Å². The van der Waals surface area contributed by atoms with E-state index in [1.807, 2.05) is 0 Å². The van der Waals surface area contributed by atoms with Crippen molar-refractivity contribution in [2.45, 2.75) is 13.3 Å². The smallest absolute Gasteiger partial charge is 0.311 e. The van der Waals surface area contributed by atoms with Gasteiger partial charge in [-0.1, -0.05) is 0 Å². The number of aliphatic hydroxyl groups is 2. The average molecular weight is 162 g/mol. The highest BCUT2D eigenvalue weighted by atomic mass is 16.5. The second-order valence-corrected chi connectivity index (χ2v) is 2.14. The van der Waals surface area contributed by atoms with E-state index in [4.69, 9.17) is 10.2 Å². The second-order valence-electron chi connectivity index (χ2n) is 2.14. The summed E-state index contributed by atoms with van der Waals surface area (Å²) in [5.41, 5.74) is 0. The molecule has 1 atom stereocenters. The van der Waals surface area contributed by atoms with Crippen LogP contribution in [0.5, 0.6) is 0 Å². The van der Waals surface area contributed by atoms with E-state index < -0.39 is 11.9 Å². The second kappa shape index (κ2) is 6.12. The first-order valence-electron chi connectivity index (χ1n) is 3.64. The van der Waals surface area contributed by atoms with E-state index in [1.54, 1.807) is 6.92 Å². The molecule has 4 heteroatoms. The van der Waals surface area contributed by atoms with Crippen LogP contribution in [0.4, 0.5) is 0 Å². The Morgan fingerprint density at radius 3 is 2.55 bits per heavy atom. The molecule has 0 aromatic carbocycles. The molecule has 0 aromatic heterocycles. The van der Waals surface area contributed by atoms with Crippen molar-refractivity contribution in [2.75, 3.05) is 19.8 Å². The van der Waals surface area contributed by atoms with E-state index >= 15 is 0 Å². The number of esters is 1. The molecular formula is C7H14O4. The highest BCUT2D eigenvalue weighted by Crippen LogP contribution is 2.03. The van der Waals surface area contributed by atoms with E-state index in [-0.39, 0.29) is 19.6 Å². The molecule has 11 heavy (non-hydrogen) atoms. The Kier molecular flexibility index (Phi) is 5.78. The topological polar surface area (TPSA) is 66.8 Å². The molecular weight excluding hydrogens is 148 g/mol. The number of aliphatic hydroxyl groups excluding tert-OH is 2. The molecule has 0 heterocycles. The summed E-state index contributed by atoms with van der Waals surface area (Å²) in [7, 11) is 0. The van der Waals surface area contributed by atoms with Gasteiger partial charge in [0.25, 0.3) is 0 Å². The summed E-state index contributed by atoms with van der Waals surface area (Å²) in [5.74, 6) is -1.01. The third kappa shape index (κ3) is 3.95. The van der Waals surface area contributed by atoms with Crippen molar-refractivity contribution in [2.24, 2.45) is 5.92 Å². The van der Waals surface area contributed by atoms with Gasteiger partial charge in [-0.25, -0.2) is 0 Å². The van der Waals surface area contributed by atoms with E-state index in [2.05, 4.69) is 4.74 Å². The Morgan fingerprint density at radius 2 is 2.18 bits per heavy atom. The Balaban J connectivity index is 3.71. The minimum absolute atomic E-state index is 0.107. The van der Waals surface area contributed by atoms with Gasteiger partial charge < -0.3 is 14.9 Å². The molecule has 0 aliphatic rings. The normalized spacial score (nSPS) is 12.6. The van der Waals surface area contributed by atoms with Gasteiger partial charge in [0.05, 0.1) is 19.1 Å². The minimum atomic E-state index is -0.569. The number of ether oxygens (including phenoxy) is 1. The van der Waals surface area contributed by atoms with Crippen molar-refractivity contribution in [1.82, 2.24) is 0 Å². The summed E-state index contributed by atoms with van der Waals surface area (Å²) in [5, 5.41) is 17.1. The summed E-state index contributed by atoms with van der Waals surface area (Å²) < 4.78 is 4.64. The first-order valence-corrected chi connectivity index (χ1v) is 3.64. The molecule has 66 valence electrons. The monoisotopic (exact) mass is 162 g/mol. The van der Waals surface area contributed by atoms with Crippen LogP contribution >= 0.6 is 0 Å². The van der Waals surface area contributed by atoms with E-state index in [9.17, 15) is 4.79 Å². The summed E-state index contributed by atoms with van der Waals surface area (Å²) in [6.45, 7) is 1.63. The molecule has 2 N–H and O–H groups in total. The number of hydrogen-bond acceptors (Lipinski definition) is 4. The molecule has 0 aliphatic carbocycles. The SMILES string of the molecule is CCOC(=O)C(CO)CCO. The molecule has 0 saturated carbocycles. The quantitative estimate of drug-likeness (QED) is 0.537. The molecule has 0 bridgehead atoms. The van der Waals surface area contributed by atoms with Crippen LogP contribution in [0, 0.1) is 5.92 Å². The Bertz CT molecular complexity index is 113. The van der Waals surface area contributed by atoms with Crippen LogP contribution in [-0.2, 0) is 9.53 Å². The van der Waals surface area contributed by atoms with Crippen LogP contribution < -0.4 is 0 Å². The Morgan fingerprint density at radius 1 is 1.55 bits per heavy atom. The number of hydrogen-bond donors (Lipinski definition) is 2. The zero-order valence-corrected chi connectivity index (χ0v) is 6.62. The predicted octanol–water partition coefficient (Wildman–Crippen LogP) is -0.460. The number of rotatable bonds is 5. The van der Waals surface area contributed by atoms with Gasteiger partial charge in [-0.05, 0) is 13.3 Å². The molecule has 4 nitrogen and oxygen atoms in total. The lowest BCUT2D eigenvalue weighted by Gasteiger charge is -2.10. The fourth-order valence-corrected chi connectivity index (χ4v) is 0.700. The van der Waals surface area contributed by atoms with Crippen molar-refractivity contribution in [3.8, 4) is 0 Å². The first kappa shape index (κ1) is 10.4. The zero-order chi connectivity index (χ0) is 8.69. The lowest BCUT2D eigenvalue weighted by atomic mass is 10.1. The fourth-order valence-electron chi connectivity index (χ4n) is 0.700. The molecule has 0 amide bonds.